The molecule has 1 fully saturated rings. The highest BCUT2D eigenvalue weighted by Crippen LogP contribution is 2.25. The van der Waals surface area contributed by atoms with Crippen LogP contribution in [0, 0.1) is 10.1 Å². The zero-order valence-corrected chi connectivity index (χ0v) is 16.0. The minimum Gasteiger partial charge on any atom is -0.457 e. The number of likely N-dealkylation sites (tertiary alicyclic amines) is 1. The van der Waals surface area contributed by atoms with E-state index in [4.69, 9.17) is 4.74 Å². The standard InChI is InChI=1S/C20H20N2O5S/c23-19(21-11-3-4-12-21)14-28-18-6-2-1-5-17(18)20(24)27-13-15-7-9-16(10-8-15)22(25)26/h1-2,5-10H,3-4,11-14H2. The molecule has 0 atom stereocenters. The Morgan fingerprint density at radius 3 is 2.43 bits per heavy atom. The lowest BCUT2D eigenvalue weighted by Gasteiger charge is -2.15. The fourth-order valence-electron chi connectivity index (χ4n) is 2.90. The van der Waals surface area contributed by atoms with Gasteiger partial charge in [-0.15, -0.1) is 11.8 Å². The molecule has 146 valence electrons. The number of ether oxygens (including phenoxy) is 1. The van der Waals surface area contributed by atoms with Gasteiger partial charge in [0, 0.05) is 30.1 Å². The van der Waals surface area contributed by atoms with Crippen molar-refractivity contribution >= 4 is 29.3 Å². The van der Waals surface area contributed by atoms with Crippen molar-refractivity contribution in [3.63, 3.8) is 0 Å². The molecule has 1 aliphatic heterocycles. The summed E-state index contributed by atoms with van der Waals surface area (Å²) >= 11 is 1.33. The lowest BCUT2D eigenvalue weighted by molar-refractivity contribution is -0.384. The minimum atomic E-state index is -0.491. The molecule has 0 saturated carbocycles. The molecule has 0 N–H and O–H groups in total. The van der Waals surface area contributed by atoms with Crippen LogP contribution in [0.15, 0.2) is 53.4 Å². The molecular weight excluding hydrogens is 380 g/mol. The Hall–Kier alpha value is -2.87. The van der Waals surface area contributed by atoms with Crippen LogP contribution in [0.4, 0.5) is 5.69 Å². The summed E-state index contributed by atoms with van der Waals surface area (Å²) in [7, 11) is 0. The average Bonchev–Trinajstić information content (AvgIpc) is 3.26. The van der Waals surface area contributed by atoms with E-state index in [0.29, 0.717) is 16.0 Å². The van der Waals surface area contributed by atoms with Gasteiger partial charge < -0.3 is 9.64 Å². The van der Waals surface area contributed by atoms with Gasteiger partial charge >= 0.3 is 5.97 Å². The number of nitro benzene ring substituents is 1. The quantitative estimate of drug-likeness (QED) is 0.305. The van der Waals surface area contributed by atoms with E-state index in [2.05, 4.69) is 0 Å². The van der Waals surface area contributed by atoms with E-state index >= 15 is 0 Å². The largest absolute Gasteiger partial charge is 0.457 e. The van der Waals surface area contributed by atoms with Crippen LogP contribution in [0.3, 0.4) is 0 Å². The summed E-state index contributed by atoms with van der Waals surface area (Å²) in [5, 5.41) is 10.7. The van der Waals surface area contributed by atoms with Crippen LogP contribution in [-0.4, -0.2) is 40.5 Å². The number of rotatable bonds is 7. The number of hydrogen-bond acceptors (Lipinski definition) is 6. The predicted octanol–water partition coefficient (Wildman–Crippen LogP) is 3.67. The fourth-order valence-corrected chi connectivity index (χ4v) is 3.84. The first-order valence-electron chi connectivity index (χ1n) is 8.94. The fraction of sp³-hybridized carbons (Fsp3) is 0.300. The zero-order chi connectivity index (χ0) is 19.9. The van der Waals surface area contributed by atoms with Gasteiger partial charge in [-0.3, -0.25) is 14.9 Å². The van der Waals surface area contributed by atoms with Crippen LogP contribution in [-0.2, 0) is 16.1 Å². The third-order valence-corrected chi connectivity index (χ3v) is 5.49. The number of hydrogen-bond donors (Lipinski definition) is 0. The van der Waals surface area contributed by atoms with Crippen LogP contribution in [0.5, 0.6) is 0 Å². The Morgan fingerprint density at radius 1 is 1.07 bits per heavy atom. The number of nitrogens with zero attached hydrogens (tertiary/aromatic N) is 2. The van der Waals surface area contributed by atoms with E-state index < -0.39 is 10.9 Å². The van der Waals surface area contributed by atoms with Gasteiger partial charge in [0.15, 0.2) is 0 Å². The summed E-state index contributed by atoms with van der Waals surface area (Å²) < 4.78 is 5.34. The summed E-state index contributed by atoms with van der Waals surface area (Å²) in [6.45, 7) is 1.62. The summed E-state index contributed by atoms with van der Waals surface area (Å²) in [4.78, 5) is 37.5. The molecule has 28 heavy (non-hydrogen) atoms. The van der Waals surface area contributed by atoms with Crippen molar-refractivity contribution in [2.45, 2.75) is 24.3 Å². The van der Waals surface area contributed by atoms with Gasteiger partial charge in [0.2, 0.25) is 5.91 Å². The first kappa shape index (κ1) is 19.9. The SMILES string of the molecule is O=C(OCc1ccc([N+](=O)[O-])cc1)c1ccccc1SCC(=O)N1CCCC1. The molecular formula is C20H20N2O5S. The molecule has 2 aromatic carbocycles. The predicted molar refractivity (Wildman–Crippen MR) is 105 cm³/mol. The van der Waals surface area contributed by atoms with Crippen molar-refractivity contribution in [1.82, 2.24) is 4.90 Å². The van der Waals surface area contributed by atoms with Crippen LogP contribution in [0.1, 0.15) is 28.8 Å². The molecule has 1 saturated heterocycles. The highest BCUT2D eigenvalue weighted by molar-refractivity contribution is 8.00. The zero-order valence-electron chi connectivity index (χ0n) is 15.2. The van der Waals surface area contributed by atoms with Gasteiger partial charge in [-0.2, -0.15) is 0 Å². The number of carbonyl (C=O) groups is 2. The molecule has 0 radical (unpaired) electrons. The molecule has 1 aliphatic rings. The maximum Gasteiger partial charge on any atom is 0.339 e. The Balaban J connectivity index is 1.58. The molecule has 1 heterocycles. The number of thioether (sulfide) groups is 1. The lowest BCUT2D eigenvalue weighted by atomic mass is 10.2. The second-order valence-electron chi connectivity index (χ2n) is 6.37. The summed E-state index contributed by atoms with van der Waals surface area (Å²) in [5.74, 6) is -0.126. The summed E-state index contributed by atoms with van der Waals surface area (Å²) in [6, 6.07) is 12.9. The smallest absolute Gasteiger partial charge is 0.339 e. The Morgan fingerprint density at radius 2 is 1.75 bits per heavy atom. The highest BCUT2D eigenvalue weighted by atomic mass is 32.2. The van der Waals surface area contributed by atoms with E-state index in [-0.39, 0.29) is 24.0 Å². The molecule has 0 unspecified atom stereocenters. The van der Waals surface area contributed by atoms with Crippen molar-refractivity contribution in [2.24, 2.45) is 0 Å². The van der Waals surface area contributed by atoms with Crippen molar-refractivity contribution < 1.29 is 19.2 Å². The highest BCUT2D eigenvalue weighted by Gasteiger charge is 2.19. The van der Waals surface area contributed by atoms with E-state index in [1.165, 1.54) is 23.9 Å². The molecule has 8 heteroatoms. The first-order chi connectivity index (χ1) is 13.5. The van der Waals surface area contributed by atoms with Crippen molar-refractivity contribution in [1.29, 1.82) is 0 Å². The molecule has 0 aliphatic carbocycles. The number of benzene rings is 2. The number of nitro groups is 1. The van der Waals surface area contributed by atoms with E-state index in [1.807, 2.05) is 11.0 Å². The maximum atomic E-state index is 12.5. The van der Waals surface area contributed by atoms with Gasteiger partial charge in [0.05, 0.1) is 16.2 Å². The number of amides is 1. The molecule has 3 rings (SSSR count). The normalized spacial score (nSPS) is 13.4. The van der Waals surface area contributed by atoms with Crippen molar-refractivity contribution in [3.8, 4) is 0 Å². The maximum absolute atomic E-state index is 12.5. The third-order valence-electron chi connectivity index (χ3n) is 4.43. The van der Waals surface area contributed by atoms with E-state index in [0.717, 1.165) is 25.9 Å². The van der Waals surface area contributed by atoms with E-state index in [1.54, 1.807) is 30.3 Å². The van der Waals surface area contributed by atoms with Gasteiger partial charge in [0.25, 0.3) is 5.69 Å². The van der Waals surface area contributed by atoms with Gasteiger partial charge in [-0.05, 0) is 42.7 Å². The van der Waals surface area contributed by atoms with Crippen LogP contribution < -0.4 is 0 Å². The van der Waals surface area contributed by atoms with Gasteiger partial charge in [-0.25, -0.2) is 4.79 Å². The van der Waals surface area contributed by atoms with Crippen LogP contribution in [0.2, 0.25) is 0 Å². The lowest BCUT2D eigenvalue weighted by Crippen LogP contribution is -2.29. The topological polar surface area (TPSA) is 89.7 Å². The molecule has 7 nitrogen and oxygen atoms in total. The number of esters is 1. The second-order valence-corrected chi connectivity index (χ2v) is 7.39. The van der Waals surface area contributed by atoms with Gasteiger partial charge in [0.1, 0.15) is 6.61 Å². The molecule has 0 bridgehead atoms. The van der Waals surface area contributed by atoms with Gasteiger partial charge in [-0.1, -0.05) is 12.1 Å². The summed E-state index contributed by atoms with van der Waals surface area (Å²) in [6.07, 6.45) is 2.09. The average molecular weight is 400 g/mol. The second kappa shape index (κ2) is 9.36. The van der Waals surface area contributed by atoms with Crippen LogP contribution in [0.25, 0.3) is 0 Å². The molecule has 2 aromatic rings. The Kier molecular flexibility index (Phi) is 6.65. The monoisotopic (exact) mass is 400 g/mol. The number of carbonyl (C=O) groups excluding carboxylic acids is 2. The third kappa shape index (κ3) is 5.10. The first-order valence-corrected chi connectivity index (χ1v) is 9.93. The number of non-ortho nitro benzene ring substituents is 1. The van der Waals surface area contributed by atoms with Crippen LogP contribution >= 0.6 is 11.8 Å². The molecule has 0 aromatic heterocycles. The van der Waals surface area contributed by atoms with Crippen molar-refractivity contribution in [3.05, 3.63) is 69.8 Å². The summed E-state index contributed by atoms with van der Waals surface area (Å²) in [5.41, 5.74) is 1.05. The molecule has 1 amide bonds. The van der Waals surface area contributed by atoms with E-state index in [9.17, 15) is 19.7 Å². The Labute approximate surface area is 166 Å². The minimum absolute atomic E-state index is 0.0144. The Bertz CT molecular complexity index is 863. The molecule has 0 spiro atoms. The van der Waals surface area contributed by atoms with Crippen molar-refractivity contribution in [2.75, 3.05) is 18.8 Å².